The van der Waals surface area contributed by atoms with Gasteiger partial charge >= 0.3 is 0 Å². The van der Waals surface area contributed by atoms with Crippen LogP contribution in [-0.4, -0.2) is 12.0 Å². The predicted octanol–water partition coefficient (Wildman–Crippen LogP) is 3.98. The summed E-state index contributed by atoms with van der Waals surface area (Å²) in [7, 11) is 2.02. The molecule has 0 saturated heterocycles. The van der Waals surface area contributed by atoms with Crippen molar-refractivity contribution in [3.05, 3.63) is 50.4 Å². The molecule has 1 heterocycles. The molecule has 19 heavy (non-hydrogen) atoms. The summed E-state index contributed by atoms with van der Waals surface area (Å²) in [6, 6.07) is 8.49. The van der Waals surface area contributed by atoms with Crippen LogP contribution in [0.5, 0.6) is 0 Å². The average Bonchev–Trinajstić information content (AvgIpc) is 2.80. The number of thiazole rings is 1. The molecule has 0 aliphatic heterocycles. The highest BCUT2D eigenvalue weighted by molar-refractivity contribution is 7.11. The number of hydrogen-bond acceptors (Lipinski definition) is 3. The Kier molecular flexibility index (Phi) is 3.87. The van der Waals surface area contributed by atoms with Gasteiger partial charge in [0, 0.05) is 16.3 Å². The van der Waals surface area contributed by atoms with E-state index >= 15 is 0 Å². The topological polar surface area (TPSA) is 24.9 Å². The van der Waals surface area contributed by atoms with Gasteiger partial charge in [-0.2, -0.15) is 0 Å². The van der Waals surface area contributed by atoms with Gasteiger partial charge in [-0.15, -0.1) is 11.3 Å². The van der Waals surface area contributed by atoms with E-state index in [0.717, 1.165) is 11.4 Å². The van der Waals surface area contributed by atoms with Crippen LogP contribution >= 0.6 is 22.9 Å². The van der Waals surface area contributed by atoms with Crippen molar-refractivity contribution < 1.29 is 0 Å². The molecule has 2 nitrogen and oxygen atoms in total. The Labute approximate surface area is 122 Å². The van der Waals surface area contributed by atoms with E-state index in [4.69, 9.17) is 16.6 Å². The second-order valence-electron chi connectivity index (χ2n) is 4.96. The van der Waals surface area contributed by atoms with Crippen LogP contribution in [0, 0.1) is 0 Å². The van der Waals surface area contributed by atoms with Gasteiger partial charge in [-0.25, -0.2) is 4.98 Å². The van der Waals surface area contributed by atoms with Crippen molar-refractivity contribution in [1.82, 2.24) is 10.3 Å². The monoisotopic (exact) mass is 292 g/mol. The number of fused-ring (bicyclic) bond motifs is 1. The number of aryl methyl sites for hydroxylation is 1. The minimum Gasteiger partial charge on any atom is -0.312 e. The van der Waals surface area contributed by atoms with E-state index in [1.54, 1.807) is 0 Å². The lowest BCUT2D eigenvalue weighted by atomic mass is 9.98. The summed E-state index contributed by atoms with van der Waals surface area (Å²) in [5, 5.41) is 5.37. The van der Waals surface area contributed by atoms with Crippen LogP contribution in [0.2, 0.25) is 5.02 Å². The third kappa shape index (κ3) is 2.83. The molecule has 0 amide bonds. The van der Waals surface area contributed by atoms with Crippen molar-refractivity contribution in [2.24, 2.45) is 0 Å². The summed E-state index contributed by atoms with van der Waals surface area (Å²) >= 11 is 7.89. The molecule has 1 aromatic carbocycles. The molecule has 0 fully saturated rings. The first kappa shape index (κ1) is 13.1. The van der Waals surface area contributed by atoms with E-state index in [9.17, 15) is 0 Å². The van der Waals surface area contributed by atoms with Gasteiger partial charge < -0.3 is 5.32 Å². The Balaban J connectivity index is 1.85. The van der Waals surface area contributed by atoms with E-state index in [0.29, 0.717) is 6.04 Å². The van der Waals surface area contributed by atoms with E-state index in [1.807, 2.05) is 36.6 Å². The first-order valence-electron chi connectivity index (χ1n) is 6.66. The van der Waals surface area contributed by atoms with E-state index in [1.165, 1.54) is 40.4 Å². The zero-order chi connectivity index (χ0) is 13.2. The standard InChI is InChI=1S/C15H17ClN2S/c1-17-12-6-3-7-13-15(12)18-14(19-13)9-10-4-2-5-11(16)8-10/h2,4-5,8,12,17H,3,6-7,9H2,1H3. The Morgan fingerprint density at radius 2 is 2.37 bits per heavy atom. The second kappa shape index (κ2) is 5.61. The molecule has 0 saturated carbocycles. The third-order valence-electron chi connectivity index (χ3n) is 3.59. The van der Waals surface area contributed by atoms with Crippen LogP contribution in [0.3, 0.4) is 0 Å². The van der Waals surface area contributed by atoms with Crippen molar-refractivity contribution in [2.75, 3.05) is 7.05 Å². The molecule has 1 aliphatic carbocycles. The van der Waals surface area contributed by atoms with Gasteiger partial charge in [-0.05, 0) is 44.0 Å². The Morgan fingerprint density at radius 1 is 1.47 bits per heavy atom. The number of rotatable bonds is 3. The maximum absolute atomic E-state index is 6.03. The Hall–Kier alpha value is -0.900. The van der Waals surface area contributed by atoms with Crippen LogP contribution in [0.1, 0.15) is 40.0 Å². The van der Waals surface area contributed by atoms with Gasteiger partial charge in [0.05, 0.1) is 16.7 Å². The maximum atomic E-state index is 6.03. The Morgan fingerprint density at radius 3 is 3.16 bits per heavy atom. The lowest BCUT2D eigenvalue weighted by molar-refractivity contribution is 0.489. The van der Waals surface area contributed by atoms with Gasteiger partial charge in [0.2, 0.25) is 0 Å². The van der Waals surface area contributed by atoms with Crippen molar-refractivity contribution >= 4 is 22.9 Å². The van der Waals surface area contributed by atoms with Crippen LogP contribution in [0.4, 0.5) is 0 Å². The summed E-state index contributed by atoms with van der Waals surface area (Å²) in [4.78, 5) is 6.30. The number of aromatic nitrogens is 1. The normalized spacial score (nSPS) is 18.3. The second-order valence-corrected chi connectivity index (χ2v) is 6.56. The average molecular weight is 293 g/mol. The zero-order valence-corrected chi connectivity index (χ0v) is 12.5. The first-order valence-corrected chi connectivity index (χ1v) is 7.86. The molecule has 0 bridgehead atoms. The molecule has 1 aromatic heterocycles. The minimum atomic E-state index is 0.438. The van der Waals surface area contributed by atoms with Gasteiger partial charge in [0.25, 0.3) is 0 Å². The molecule has 100 valence electrons. The van der Waals surface area contributed by atoms with Crippen molar-refractivity contribution in [3.8, 4) is 0 Å². The molecule has 1 aliphatic rings. The molecule has 1 atom stereocenters. The number of nitrogens with zero attached hydrogens (tertiary/aromatic N) is 1. The number of halogens is 1. The molecule has 3 rings (SSSR count). The van der Waals surface area contributed by atoms with Gasteiger partial charge in [-0.1, -0.05) is 23.7 Å². The van der Waals surface area contributed by atoms with Gasteiger partial charge in [0.15, 0.2) is 0 Å². The van der Waals surface area contributed by atoms with Crippen molar-refractivity contribution in [3.63, 3.8) is 0 Å². The molecule has 1 N–H and O–H groups in total. The Bertz CT molecular complexity index is 579. The first-order chi connectivity index (χ1) is 9.26. The molecule has 0 radical (unpaired) electrons. The number of benzene rings is 1. The molecule has 0 spiro atoms. The van der Waals surface area contributed by atoms with Crippen molar-refractivity contribution in [1.29, 1.82) is 0 Å². The SMILES string of the molecule is CNC1CCCc2sc(Cc3cccc(Cl)c3)nc21. The van der Waals surface area contributed by atoms with Crippen molar-refractivity contribution in [2.45, 2.75) is 31.7 Å². The lowest BCUT2D eigenvalue weighted by Crippen LogP contribution is -2.21. The molecular formula is C15H17ClN2S. The van der Waals surface area contributed by atoms with Gasteiger partial charge in [0.1, 0.15) is 0 Å². The molecule has 4 heteroatoms. The highest BCUT2D eigenvalue weighted by Gasteiger charge is 2.23. The van der Waals surface area contributed by atoms with Gasteiger partial charge in [-0.3, -0.25) is 0 Å². The van der Waals surface area contributed by atoms with Crippen LogP contribution in [0.15, 0.2) is 24.3 Å². The fourth-order valence-corrected chi connectivity index (χ4v) is 4.07. The summed E-state index contributed by atoms with van der Waals surface area (Å²) in [6.45, 7) is 0. The van der Waals surface area contributed by atoms with Crippen LogP contribution < -0.4 is 5.32 Å². The number of hydrogen-bond donors (Lipinski definition) is 1. The fourth-order valence-electron chi connectivity index (χ4n) is 2.65. The minimum absolute atomic E-state index is 0.438. The molecule has 1 unspecified atom stereocenters. The van der Waals surface area contributed by atoms with E-state index in [2.05, 4.69) is 11.4 Å². The molecular weight excluding hydrogens is 276 g/mol. The van der Waals surface area contributed by atoms with Crippen LogP contribution in [-0.2, 0) is 12.8 Å². The lowest BCUT2D eigenvalue weighted by Gasteiger charge is -2.19. The van der Waals surface area contributed by atoms with E-state index in [-0.39, 0.29) is 0 Å². The highest BCUT2D eigenvalue weighted by atomic mass is 35.5. The summed E-state index contributed by atoms with van der Waals surface area (Å²) < 4.78 is 0. The fraction of sp³-hybridized carbons (Fsp3) is 0.400. The third-order valence-corrected chi connectivity index (χ3v) is 4.96. The predicted molar refractivity (Wildman–Crippen MR) is 81.1 cm³/mol. The largest absolute Gasteiger partial charge is 0.312 e. The quantitative estimate of drug-likeness (QED) is 0.925. The summed E-state index contributed by atoms with van der Waals surface area (Å²) in [5.41, 5.74) is 2.51. The zero-order valence-electron chi connectivity index (χ0n) is 10.9. The highest BCUT2D eigenvalue weighted by Crippen LogP contribution is 2.33. The summed E-state index contributed by atoms with van der Waals surface area (Å²) in [5.74, 6) is 0. The number of nitrogens with one attached hydrogen (secondary N) is 1. The van der Waals surface area contributed by atoms with E-state index < -0.39 is 0 Å². The maximum Gasteiger partial charge on any atom is 0.0975 e. The van der Waals surface area contributed by atoms with Crippen LogP contribution in [0.25, 0.3) is 0 Å². The summed E-state index contributed by atoms with van der Waals surface area (Å²) in [6.07, 6.45) is 4.52. The smallest absolute Gasteiger partial charge is 0.0975 e. The molecule has 2 aromatic rings.